The van der Waals surface area contributed by atoms with Gasteiger partial charge in [0.2, 0.25) is 0 Å². The molecule has 0 aromatic heterocycles. The molecule has 0 bridgehead atoms. The third-order valence-corrected chi connectivity index (χ3v) is 2.91. The van der Waals surface area contributed by atoms with Gasteiger partial charge in [0.25, 0.3) is 5.91 Å². The van der Waals surface area contributed by atoms with Crippen molar-refractivity contribution in [2.24, 2.45) is 0 Å². The molecule has 1 amide bonds. The van der Waals surface area contributed by atoms with Crippen molar-refractivity contribution in [3.63, 3.8) is 0 Å². The van der Waals surface area contributed by atoms with Gasteiger partial charge in [-0.05, 0) is 30.7 Å². The van der Waals surface area contributed by atoms with Gasteiger partial charge in [0, 0.05) is 18.7 Å². The molecule has 1 saturated heterocycles. The number of aliphatic hydroxyl groups excluding tert-OH is 1. The van der Waals surface area contributed by atoms with E-state index in [9.17, 15) is 23.1 Å². The van der Waals surface area contributed by atoms with Crippen LogP contribution in [-0.2, 0) is 6.18 Å². The third-order valence-electron chi connectivity index (χ3n) is 2.91. The lowest BCUT2D eigenvalue weighted by molar-refractivity contribution is -0.137. The molecule has 1 aromatic carbocycles. The number of likely N-dealkylation sites (tertiary alicyclic amines) is 1. The molecule has 1 N–H and O–H groups in total. The van der Waals surface area contributed by atoms with Gasteiger partial charge in [0.15, 0.2) is 0 Å². The number of carbonyl (C=O) groups excluding carboxylic acids is 1. The highest BCUT2D eigenvalue weighted by atomic mass is 19.4. The number of carbonyl (C=O) groups is 1. The number of halogens is 3. The highest BCUT2D eigenvalue weighted by molar-refractivity contribution is 5.94. The molecule has 0 radical (unpaired) electrons. The van der Waals surface area contributed by atoms with Crippen molar-refractivity contribution in [2.75, 3.05) is 13.1 Å². The molecule has 1 aliphatic heterocycles. The number of alkyl halides is 3. The summed E-state index contributed by atoms with van der Waals surface area (Å²) < 4.78 is 37.0. The summed E-state index contributed by atoms with van der Waals surface area (Å²) in [6, 6.07) is 4.10. The molecule has 1 fully saturated rings. The molecule has 1 aromatic rings. The van der Waals surface area contributed by atoms with E-state index in [0.29, 0.717) is 13.0 Å². The van der Waals surface area contributed by atoms with E-state index in [1.807, 2.05) is 0 Å². The van der Waals surface area contributed by atoms with Gasteiger partial charge in [-0.3, -0.25) is 4.79 Å². The number of benzene rings is 1. The van der Waals surface area contributed by atoms with Crippen LogP contribution in [0.4, 0.5) is 13.2 Å². The maximum atomic E-state index is 12.3. The van der Waals surface area contributed by atoms with E-state index < -0.39 is 17.8 Å². The van der Waals surface area contributed by atoms with E-state index in [4.69, 9.17) is 0 Å². The highest BCUT2D eigenvalue weighted by Crippen LogP contribution is 2.29. The summed E-state index contributed by atoms with van der Waals surface area (Å²) in [6.45, 7) is 0.668. The van der Waals surface area contributed by atoms with Crippen LogP contribution < -0.4 is 0 Å². The molecular formula is C12H12F3NO2. The first-order valence-electron chi connectivity index (χ1n) is 5.52. The molecule has 1 atom stereocenters. The average molecular weight is 259 g/mol. The first kappa shape index (κ1) is 12.9. The molecule has 1 aliphatic rings. The predicted octanol–water partition coefficient (Wildman–Crippen LogP) is 1.91. The molecule has 1 unspecified atom stereocenters. The van der Waals surface area contributed by atoms with Crippen molar-refractivity contribution in [3.05, 3.63) is 35.4 Å². The van der Waals surface area contributed by atoms with Gasteiger partial charge in [-0.2, -0.15) is 13.2 Å². The Morgan fingerprint density at radius 2 is 1.89 bits per heavy atom. The van der Waals surface area contributed by atoms with Gasteiger partial charge in [0.05, 0.1) is 11.7 Å². The summed E-state index contributed by atoms with van der Waals surface area (Å²) in [5.41, 5.74) is -0.572. The van der Waals surface area contributed by atoms with Gasteiger partial charge < -0.3 is 10.0 Å². The standard InChI is InChI=1S/C12H12F3NO2/c13-12(14,15)9-3-1-8(2-4-9)11(18)16-6-5-10(17)7-16/h1-4,10,17H,5-7H2. The number of hydrogen-bond donors (Lipinski definition) is 1. The van der Waals surface area contributed by atoms with Crippen LogP contribution in [0.3, 0.4) is 0 Å². The molecular weight excluding hydrogens is 247 g/mol. The summed E-state index contributed by atoms with van der Waals surface area (Å²) in [4.78, 5) is 13.3. The number of β-amino-alcohol motifs (C(OH)–C–C–N with tert-alkyl or cyclic N) is 1. The lowest BCUT2D eigenvalue weighted by Gasteiger charge is -2.15. The maximum Gasteiger partial charge on any atom is 0.416 e. The summed E-state index contributed by atoms with van der Waals surface area (Å²) in [7, 11) is 0. The zero-order chi connectivity index (χ0) is 13.3. The number of hydrogen-bond acceptors (Lipinski definition) is 2. The fourth-order valence-electron chi connectivity index (χ4n) is 1.91. The Labute approximate surface area is 102 Å². The van der Waals surface area contributed by atoms with E-state index in [1.165, 1.54) is 4.90 Å². The van der Waals surface area contributed by atoms with Crippen molar-refractivity contribution in [2.45, 2.75) is 18.7 Å². The molecule has 3 nitrogen and oxygen atoms in total. The Balaban J connectivity index is 2.12. The molecule has 0 spiro atoms. The van der Waals surface area contributed by atoms with Crippen molar-refractivity contribution in [1.82, 2.24) is 4.90 Å². The minimum atomic E-state index is -4.40. The van der Waals surface area contributed by atoms with Gasteiger partial charge in [0.1, 0.15) is 0 Å². The lowest BCUT2D eigenvalue weighted by atomic mass is 10.1. The van der Waals surface area contributed by atoms with Crippen LogP contribution in [0.5, 0.6) is 0 Å². The normalized spacial score (nSPS) is 20.2. The van der Waals surface area contributed by atoms with Crippen LogP contribution in [0.25, 0.3) is 0 Å². The molecule has 2 rings (SSSR count). The van der Waals surface area contributed by atoms with Crippen LogP contribution in [0, 0.1) is 0 Å². The number of rotatable bonds is 1. The summed E-state index contributed by atoms with van der Waals surface area (Å²) >= 11 is 0. The average Bonchev–Trinajstić information content (AvgIpc) is 2.74. The monoisotopic (exact) mass is 259 g/mol. The second-order valence-corrected chi connectivity index (χ2v) is 4.27. The van der Waals surface area contributed by atoms with Gasteiger partial charge in [-0.25, -0.2) is 0 Å². The number of nitrogens with zero attached hydrogens (tertiary/aromatic N) is 1. The maximum absolute atomic E-state index is 12.3. The van der Waals surface area contributed by atoms with Gasteiger partial charge in [-0.1, -0.05) is 0 Å². The molecule has 6 heteroatoms. The second kappa shape index (κ2) is 4.61. The van der Waals surface area contributed by atoms with Crippen LogP contribution in [0.1, 0.15) is 22.3 Å². The van der Waals surface area contributed by atoms with Crippen molar-refractivity contribution in [3.8, 4) is 0 Å². The smallest absolute Gasteiger partial charge is 0.391 e. The van der Waals surface area contributed by atoms with E-state index in [1.54, 1.807) is 0 Å². The molecule has 98 valence electrons. The van der Waals surface area contributed by atoms with E-state index in [-0.39, 0.29) is 18.0 Å². The van der Waals surface area contributed by atoms with Crippen LogP contribution >= 0.6 is 0 Å². The van der Waals surface area contributed by atoms with E-state index >= 15 is 0 Å². The first-order chi connectivity index (χ1) is 8.38. The zero-order valence-corrected chi connectivity index (χ0v) is 9.44. The first-order valence-corrected chi connectivity index (χ1v) is 5.52. The second-order valence-electron chi connectivity index (χ2n) is 4.27. The van der Waals surface area contributed by atoms with Crippen LogP contribution in [0.2, 0.25) is 0 Å². The van der Waals surface area contributed by atoms with Gasteiger partial charge in [-0.15, -0.1) is 0 Å². The zero-order valence-electron chi connectivity index (χ0n) is 9.44. The molecule has 18 heavy (non-hydrogen) atoms. The fraction of sp³-hybridized carbons (Fsp3) is 0.417. The van der Waals surface area contributed by atoms with Crippen molar-refractivity contribution in [1.29, 1.82) is 0 Å². The Bertz CT molecular complexity index is 442. The number of aliphatic hydroxyl groups is 1. The van der Waals surface area contributed by atoms with Crippen molar-refractivity contribution >= 4 is 5.91 Å². The van der Waals surface area contributed by atoms with E-state index in [2.05, 4.69) is 0 Å². The van der Waals surface area contributed by atoms with E-state index in [0.717, 1.165) is 24.3 Å². The molecule has 0 saturated carbocycles. The summed E-state index contributed by atoms with van der Waals surface area (Å²) in [6.07, 6.45) is -4.43. The topological polar surface area (TPSA) is 40.5 Å². The quantitative estimate of drug-likeness (QED) is 0.837. The SMILES string of the molecule is O=C(c1ccc(C(F)(F)F)cc1)N1CCC(O)C1. The molecule has 1 heterocycles. The third kappa shape index (κ3) is 2.64. The fourth-order valence-corrected chi connectivity index (χ4v) is 1.91. The minimum Gasteiger partial charge on any atom is -0.391 e. The predicted molar refractivity (Wildman–Crippen MR) is 58.0 cm³/mol. The Kier molecular flexibility index (Phi) is 3.30. The van der Waals surface area contributed by atoms with Crippen LogP contribution in [-0.4, -0.2) is 35.1 Å². The van der Waals surface area contributed by atoms with Crippen molar-refractivity contribution < 1.29 is 23.1 Å². The summed E-state index contributed by atoms with van der Waals surface area (Å²) in [5, 5.41) is 9.30. The number of amides is 1. The van der Waals surface area contributed by atoms with Crippen LogP contribution in [0.15, 0.2) is 24.3 Å². The Hall–Kier alpha value is -1.56. The largest absolute Gasteiger partial charge is 0.416 e. The Morgan fingerprint density at radius 3 is 2.33 bits per heavy atom. The lowest BCUT2D eigenvalue weighted by Crippen LogP contribution is -2.29. The summed E-state index contributed by atoms with van der Waals surface area (Å²) in [5.74, 6) is -0.347. The van der Waals surface area contributed by atoms with Gasteiger partial charge >= 0.3 is 6.18 Å². The molecule has 0 aliphatic carbocycles. The minimum absolute atomic E-state index is 0.206. The Morgan fingerprint density at radius 1 is 1.28 bits per heavy atom. The highest BCUT2D eigenvalue weighted by Gasteiger charge is 2.31.